The molecule has 21 heavy (non-hydrogen) atoms. The predicted molar refractivity (Wildman–Crippen MR) is 87.1 cm³/mol. The van der Waals surface area contributed by atoms with E-state index in [0.29, 0.717) is 20.9 Å². The van der Waals surface area contributed by atoms with E-state index >= 15 is 0 Å². The van der Waals surface area contributed by atoms with Gasteiger partial charge in [-0.3, -0.25) is 4.79 Å². The van der Waals surface area contributed by atoms with Crippen molar-refractivity contribution < 1.29 is 4.79 Å². The molecule has 0 aliphatic carbocycles. The summed E-state index contributed by atoms with van der Waals surface area (Å²) in [5, 5.41) is 5.16. The van der Waals surface area contributed by atoms with Gasteiger partial charge in [-0.25, -0.2) is 4.68 Å². The number of hydrogen-bond acceptors (Lipinski definition) is 2. The van der Waals surface area contributed by atoms with Crippen molar-refractivity contribution in [2.24, 2.45) is 0 Å². The molecule has 0 amide bonds. The van der Waals surface area contributed by atoms with Crippen molar-refractivity contribution in [3.63, 3.8) is 0 Å². The number of carbonyl (C=O) groups excluding carboxylic acids is 1. The van der Waals surface area contributed by atoms with Crippen LogP contribution in [0.25, 0.3) is 16.9 Å². The van der Waals surface area contributed by atoms with Gasteiger partial charge < -0.3 is 0 Å². The molecule has 3 aromatic rings. The van der Waals surface area contributed by atoms with Crippen LogP contribution in [0, 0.1) is 0 Å². The second-order valence-electron chi connectivity index (χ2n) is 4.43. The second kappa shape index (κ2) is 5.84. The zero-order valence-corrected chi connectivity index (χ0v) is 13.2. The van der Waals surface area contributed by atoms with Crippen LogP contribution in [0.4, 0.5) is 0 Å². The van der Waals surface area contributed by atoms with Crippen molar-refractivity contribution in [1.82, 2.24) is 9.78 Å². The average molecular weight is 362 g/mol. The van der Waals surface area contributed by atoms with Crippen molar-refractivity contribution in [1.29, 1.82) is 0 Å². The minimum Gasteiger partial charge on any atom is -0.298 e. The fourth-order valence-electron chi connectivity index (χ4n) is 2.10. The molecule has 1 heterocycles. The highest BCUT2D eigenvalue weighted by Crippen LogP contribution is 2.30. The number of carbonyl (C=O) groups is 1. The molecule has 0 saturated carbocycles. The topological polar surface area (TPSA) is 34.9 Å². The van der Waals surface area contributed by atoms with Crippen LogP contribution in [0.5, 0.6) is 0 Å². The Morgan fingerprint density at radius 1 is 1.10 bits per heavy atom. The highest BCUT2D eigenvalue weighted by molar-refractivity contribution is 9.10. The summed E-state index contributed by atoms with van der Waals surface area (Å²) in [6.07, 6.45) is 0.806. The van der Waals surface area contributed by atoms with Gasteiger partial charge in [0.05, 0.1) is 11.3 Å². The molecule has 0 unspecified atom stereocenters. The van der Waals surface area contributed by atoms with Crippen LogP contribution in [0.3, 0.4) is 0 Å². The summed E-state index contributed by atoms with van der Waals surface area (Å²) in [6.45, 7) is 0. The van der Waals surface area contributed by atoms with Gasteiger partial charge in [-0.05, 0) is 34.1 Å². The highest BCUT2D eigenvalue weighted by Gasteiger charge is 2.17. The smallest absolute Gasteiger partial charge is 0.155 e. The number of nitrogens with zero attached hydrogens (tertiary/aromatic N) is 2. The SMILES string of the molecule is O=Cc1c(-c2ccccc2)nn(-c2cccc(Cl)c2)c1Br. The maximum absolute atomic E-state index is 11.4. The van der Waals surface area contributed by atoms with Crippen molar-refractivity contribution >= 4 is 33.8 Å². The van der Waals surface area contributed by atoms with Crippen LogP contribution in [0.1, 0.15) is 10.4 Å². The third-order valence-electron chi connectivity index (χ3n) is 3.08. The van der Waals surface area contributed by atoms with Gasteiger partial charge in [0, 0.05) is 10.6 Å². The van der Waals surface area contributed by atoms with Gasteiger partial charge in [-0.2, -0.15) is 5.10 Å². The quantitative estimate of drug-likeness (QED) is 0.630. The number of aromatic nitrogens is 2. The summed E-state index contributed by atoms with van der Waals surface area (Å²) in [5.74, 6) is 0. The third-order valence-corrected chi connectivity index (χ3v) is 4.08. The highest BCUT2D eigenvalue weighted by atomic mass is 79.9. The minimum absolute atomic E-state index is 0.515. The van der Waals surface area contributed by atoms with Gasteiger partial charge in [0.25, 0.3) is 0 Å². The van der Waals surface area contributed by atoms with E-state index in [9.17, 15) is 4.79 Å². The predicted octanol–water partition coefficient (Wildman–Crippen LogP) is 4.77. The summed E-state index contributed by atoms with van der Waals surface area (Å²) in [6, 6.07) is 16.9. The van der Waals surface area contributed by atoms with E-state index < -0.39 is 0 Å². The number of benzene rings is 2. The van der Waals surface area contributed by atoms with Crippen LogP contribution in [-0.4, -0.2) is 16.1 Å². The Bertz CT molecular complexity index is 799. The third kappa shape index (κ3) is 2.64. The van der Waals surface area contributed by atoms with Crippen LogP contribution in [0.2, 0.25) is 5.02 Å². The molecule has 0 aliphatic heterocycles. The van der Waals surface area contributed by atoms with Gasteiger partial charge in [0.1, 0.15) is 10.3 Å². The minimum atomic E-state index is 0.515. The van der Waals surface area contributed by atoms with Gasteiger partial charge >= 0.3 is 0 Å². The van der Waals surface area contributed by atoms with Crippen LogP contribution < -0.4 is 0 Å². The van der Waals surface area contributed by atoms with E-state index in [0.717, 1.165) is 17.5 Å². The van der Waals surface area contributed by atoms with Crippen molar-refractivity contribution in [3.05, 3.63) is 69.8 Å². The summed E-state index contributed by atoms with van der Waals surface area (Å²) < 4.78 is 2.27. The lowest BCUT2D eigenvalue weighted by Gasteiger charge is -2.03. The number of hydrogen-bond donors (Lipinski definition) is 0. The second-order valence-corrected chi connectivity index (χ2v) is 5.62. The lowest BCUT2D eigenvalue weighted by molar-refractivity contribution is 0.112. The molecule has 0 atom stereocenters. The van der Waals surface area contributed by atoms with Gasteiger partial charge in [0.2, 0.25) is 0 Å². The van der Waals surface area contributed by atoms with E-state index in [1.807, 2.05) is 42.5 Å². The number of aldehydes is 1. The summed E-state index contributed by atoms with van der Waals surface area (Å²) in [5.41, 5.74) is 2.83. The molecule has 0 aliphatic rings. The fourth-order valence-corrected chi connectivity index (χ4v) is 2.85. The molecule has 0 radical (unpaired) electrons. The van der Waals surface area contributed by atoms with Crippen LogP contribution >= 0.6 is 27.5 Å². The first-order valence-electron chi connectivity index (χ1n) is 6.26. The molecule has 5 heteroatoms. The van der Waals surface area contributed by atoms with Gasteiger partial charge in [0.15, 0.2) is 6.29 Å². The molecule has 0 fully saturated rings. The Kier molecular flexibility index (Phi) is 3.90. The molecular weight excluding hydrogens is 352 g/mol. The van der Waals surface area contributed by atoms with E-state index in [4.69, 9.17) is 11.6 Å². The maximum Gasteiger partial charge on any atom is 0.155 e. The molecule has 104 valence electrons. The molecule has 0 bridgehead atoms. The normalized spacial score (nSPS) is 10.6. The molecule has 3 nitrogen and oxygen atoms in total. The first-order chi connectivity index (χ1) is 10.2. The van der Waals surface area contributed by atoms with Crippen molar-refractivity contribution in [2.75, 3.05) is 0 Å². The molecular formula is C16H10BrClN2O. The van der Waals surface area contributed by atoms with E-state index in [2.05, 4.69) is 21.0 Å². The maximum atomic E-state index is 11.4. The Morgan fingerprint density at radius 3 is 2.52 bits per heavy atom. The van der Waals surface area contributed by atoms with Crippen molar-refractivity contribution in [2.45, 2.75) is 0 Å². The Balaban J connectivity index is 2.21. The van der Waals surface area contributed by atoms with Crippen molar-refractivity contribution in [3.8, 4) is 16.9 Å². The molecule has 3 rings (SSSR count). The average Bonchev–Trinajstić information content (AvgIpc) is 2.85. The lowest BCUT2D eigenvalue weighted by Crippen LogP contribution is -1.96. The zero-order chi connectivity index (χ0) is 14.8. The lowest BCUT2D eigenvalue weighted by atomic mass is 10.1. The first-order valence-corrected chi connectivity index (χ1v) is 7.43. The standard InChI is InChI=1S/C16H10BrClN2O/c17-16-14(10-21)15(11-5-2-1-3-6-11)19-20(16)13-8-4-7-12(18)9-13/h1-10H. The summed E-state index contributed by atoms with van der Waals surface area (Å²) in [4.78, 5) is 11.4. The van der Waals surface area contributed by atoms with E-state index in [1.54, 1.807) is 16.8 Å². The number of halogens is 2. The molecule has 0 spiro atoms. The Labute approximate surface area is 135 Å². The zero-order valence-electron chi connectivity index (χ0n) is 10.8. The van der Waals surface area contributed by atoms with Gasteiger partial charge in [-0.15, -0.1) is 0 Å². The van der Waals surface area contributed by atoms with Crippen LogP contribution in [0.15, 0.2) is 59.2 Å². The van der Waals surface area contributed by atoms with E-state index in [1.165, 1.54) is 0 Å². The first kappa shape index (κ1) is 14.0. The molecule has 2 aromatic carbocycles. The number of rotatable bonds is 3. The molecule has 1 aromatic heterocycles. The Hall–Kier alpha value is -1.91. The summed E-state index contributed by atoms with van der Waals surface area (Å²) >= 11 is 9.47. The molecule has 0 N–H and O–H groups in total. The van der Waals surface area contributed by atoms with Gasteiger partial charge in [-0.1, -0.05) is 48.0 Å². The molecule has 0 saturated heterocycles. The van der Waals surface area contributed by atoms with E-state index in [-0.39, 0.29) is 0 Å². The largest absolute Gasteiger partial charge is 0.298 e. The van der Waals surface area contributed by atoms with Crippen LogP contribution in [-0.2, 0) is 0 Å². The summed E-state index contributed by atoms with van der Waals surface area (Å²) in [7, 11) is 0. The monoisotopic (exact) mass is 360 g/mol. The Morgan fingerprint density at radius 2 is 1.86 bits per heavy atom. The fraction of sp³-hybridized carbons (Fsp3) is 0.